The third kappa shape index (κ3) is 3.96. The maximum Gasteiger partial charge on any atom is 0.307 e. The molecule has 0 bridgehead atoms. The lowest BCUT2D eigenvalue weighted by molar-refractivity contribution is -0.140. The lowest BCUT2D eigenvalue weighted by Gasteiger charge is -2.53. The van der Waals surface area contributed by atoms with Crippen molar-refractivity contribution >= 4 is 17.8 Å². The van der Waals surface area contributed by atoms with E-state index in [1.54, 1.807) is 12.3 Å². The maximum atomic E-state index is 13.6. The van der Waals surface area contributed by atoms with Gasteiger partial charge in [0.2, 0.25) is 5.91 Å². The van der Waals surface area contributed by atoms with Gasteiger partial charge in [-0.25, -0.2) is 0 Å². The van der Waals surface area contributed by atoms with Crippen molar-refractivity contribution in [2.75, 3.05) is 13.7 Å². The van der Waals surface area contributed by atoms with Crippen molar-refractivity contribution in [2.45, 2.75) is 56.5 Å². The number of amides is 2. The van der Waals surface area contributed by atoms with Crippen molar-refractivity contribution in [3.63, 3.8) is 0 Å². The summed E-state index contributed by atoms with van der Waals surface area (Å²) in [7, 11) is 1.33. The molecule has 1 spiro atoms. The molecule has 1 fully saturated rings. The van der Waals surface area contributed by atoms with Crippen LogP contribution < -0.4 is 5.32 Å². The minimum absolute atomic E-state index is 0.0625. The highest BCUT2D eigenvalue weighted by Gasteiger charge is 2.54. The van der Waals surface area contributed by atoms with Crippen LogP contribution in [0, 0.1) is 0 Å². The van der Waals surface area contributed by atoms with Crippen LogP contribution in [0.4, 0.5) is 0 Å². The summed E-state index contributed by atoms with van der Waals surface area (Å²) in [4.78, 5) is 40.5. The number of benzene rings is 1. The van der Waals surface area contributed by atoms with Crippen LogP contribution in [0.2, 0.25) is 0 Å². The fourth-order valence-electron chi connectivity index (χ4n) is 5.12. The number of ether oxygens (including phenoxy) is 1. The second-order valence-corrected chi connectivity index (χ2v) is 8.27. The Hall–Kier alpha value is -3.09. The monoisotopic (exact) mass is 424 g/mol. The Balaban J connectivity index is 1.73. The van der Waals surface area contributed by atoms with Gasteiger partial charge in [0.05, 0.1) is 37.8 Å². The quantitative estimate of drug-likeness (QED) is 0.718. The molecule has 0 unspecified atom stereocenters. The molecule has 2 amide bonds. The normalized spacial score (nSPS) is 19.7. The van der Waals surface area contributed by atoms with Crippen LogP contribution in [0.5, 0.6) is 0 Å². The molecule has 1 aromatic carbocycles. The Morgan fingerprint density at radius 1 is 1.16 bits per heavy atom. The van der Waals surface area contributed by atoms with Gasteiger partial charge in [-0.1, -0.05) is 37.5 Å². The van der Waals surface area contributed by atoms with Gasteiger partial charge in [0.15, 0.2) is 0 Å². The van der Waals surface area contributed by atoms with Crippen molar-refractivity contribution in [3.8, 4) is 0 Å². The number of esters is 1. The first kappa shape index (κ1) is 21.2. The Bertz CT molecular complexity index is 947. The predicted molar refractivity (Wildman–Crippen MR) is 113 cm³/mol. The van der Waals surface area contributed by atoms with Crippen molar-refractivity contribution in [2.24, 2.45) is 0 Å². The number of carbonyl (C=O) groups is 3. The van der Waals surface area contributed by atoms with Crippen molar-refractivity contribution in [3.05, 3.63) is 59.5 Å². The predicted octanol–water partition coefficient (Wildman–Crippen LogP) is 3.40. The van der Waals surface area contributed by atoms with Crippen LogP contribution >= 0.6 is 0 Å². The molecule has 1 aliphatic carbocycles. The molecule has 1 aromatic heterocycles. The summed E-state index contributed by atoms with van der Waals surface area (Å²) in [6.45, 7) is 0.526. The summed E-state index contributed by atoms with van der Waals surface area (Å²) in [5.41, 5.74) is 0.699. The molecule has 4 rings (SSSR count). The van der Waals surface area contributed by atoms with Crippen LogP contribution in [0.15, 0.2) is 47.1 Å². The summed E-state index contributed by atoms with van der Waals surface area (Å²) in [6.07, 6.45) is 6.21. The molecule has 31 heavy (non-hydrogen) atoms. The molecule has 2 aromatic rings. The second kappa shape index (κ2) is 8.96. The average Bonchev–Trinajstić information content (AvgIpc) is 3.31. The number of furan rings is 1. The third-order valence-corrected chi connectivity index (χ3v) is 6.55. The highest BCUT2D eigenvalue weighted by atomic mass is 16.5. The van der Waals surface area contributed by atoms with Gasteiger partial charge in [0.1, 0.15) is 5.76 Å². The molecule has 7 nitrogen and oxygen atoms in total. The lowest BCUT2D eigenvalue weighted by Crippen LogP contribution is -2.62. The first-order valence-corrected chi connectivity index (χ1v) is 10.8. The van der Waals surface area contributed by atoms with E-state index < -0.39 is 11.5 Å². The first-order valence-electron chi connectivity index (χ1n) is 10.8. The fourth-order valence-corrected chi connectivity index (χ4v) is 5.12. The Morgan fingerprint density at radius 3 is 2.65 bits per heavy atom. The summed E-state index contributed by atoms with van der Waals surface area (Å²) >= 11 is 0. The van der Waals surface area contributed by atoms with Crippen LogP contribution in [-0.4, -0.2) is 41.9 Å². The molecule has 2 aliphatic rings. The number of rotatable bonds is 6. The van der Waals surface area contributed by atoms with Crippen LogP contribution in [-0.2, 0) is 20.9 Å². The maximum absolute atomic E-state index is 13.6. The van der Waals surface area contributed by atoms with Gasteiger partial charge >= 0.3 is 5.97 Å². The van der Waals surface area contributed by atoms with Gasteiger partial charge < -0.3 is 19.4 Å². The summed E-state index contributed by atoms with van der Waals surface area (Å²) in [5, 5.41) is 2.92. The van der Waals surface area contributed by atoms with Gasteiger partial charge in [-0.3, -0.25) is 14.4 Å². The minimum Gasteiger partial charge on any atom is -0.469 e. The fraction of sp³-hybridized carbons (Fsp3) is 0.458. The van der Waals surface area contributed by atoms with E-state index in [2.05, 4.69) is 10.1 Å². The Kier molecular flexibility index (Phi) is 6.11. The van der Waals surface area contributed by atoms with Crippen molar-refractivity contribution in [1.82, 2.24) is 10.2 Å². The number of carbonyl (C=O) groups excluding carboxylic acids is 3. The topological polar surface area (TPSA) is 88.8 Å². The van der Waals surface area contributed by atoms with E-state index in [0.29, 0.717) is 17.9 Å². The number of hydrogen-bond donors (Lipinski definition) is 1. The first-order chi connectivity index (χ1) is 15.1. The van der Waals surface area contributed by atoms with E-state index in [0.717, 1.165) is 37.7 Å². The summed E-state index contributed by atoms with van der Waals surface area (Å²) in [5.74, 6) is -0.397. The SMILES string of the molecule is COC(=O)CCNC(=O)[C@@H]1c2ccccc2C(=O)N(Cc2ccco2)C12CCCCC2. The largest absolute Gasteiger partial charge is 0.469 e. The molecule has 2 heterocycles. The Morgan fingerprint density at radius 2 is 1.94 bits per heavy atom. The van der Waals surface area contributed by atoms with Gasteiger partial charge in [0.25, 0.3) is 5.91 Å². The zero-order valence-electron chi connectivity index (χ0n) is 17.8. The molecule has 1 aliphatic heterocycles. The number of hydrogen-bond acceptors (Lipinski definition) is 5. The molecule has 1 saturated carbocycles. The zero-order valence-corrected chi connectivity index (χ0v) is 17.8. The highest BCUT2D eigenvalue weighted by Crippen LogP contribution is 2.49. The molecule has 164 valence electrons. The van der Waals surface area contributed by atoms with Crippen molar-refractivity contribution in [1.29, 1.82) is 0 Å². The minimum atomic E-state index is -0.619. The standard InChI is InChI=1S/C24H28N2O5/c1-30-20(27)11-14-25-22(28)21-18-9-3-4-10-19(18)23(29)26(16-17-8-7-15-31-17)24(21)12-5-2-6-13-24/h3-4,7-10,15,21H,2,5-6,11-14,16H2,1H3,(H,25,28)/t21-/m0/s1. The van der Waals surface area contributed by atoms with Crippen LogP contribution in [0.25, 0.3) is 0 Å². The number of fused-ring (bicyclic) bond motifs is 1. The number of methoxy groups -OCH3 is 1. The third-order valence-electron chi connectivity index (χ3n) is 6.55. The summed E-state index contributed by atoms with van der Waals surface area (Å²) < 4.78 is 10.2. The van der Waals surface area contributed by atoms with Gasteiger partial charge in [-0.15, -0.1) is 0 Å². The van der Waals surface area contributed by atoms with Gasteiger partial charge in [0, 0.05) is 12.1 Å². The van der Waals surface area contributed by atoms with Gasteiger partial charge in [-0.05, 0) is 36.6 Å². The average molecular weight is 424 g/mol. The molecule has 0 saturated heterocycles. The van der Waals surface area contributed by atoms with E-state index in [-0.39, 0.29) is 30.7 Å². The second-order valence-electron chi connectivity index (χ2n) is 8.27. The van der Waals surface area contributed by atoms with Crippen molar-refractivity contribution < 1.29 is 23.5 Å². The lowest BCUT2D eigenvalue weighted by atomic mass is 9.65. The molecule has 1 atom stereocenters. The van der Waals surface area contributed by atoms with Crippen LogP contribution in [0.3, 0.4) is 0 Å². The van der Waals surface area contributed by atoms with E-state index in [4.69, 9.17) is 4.42 Å². The number of nitrogens with zero attached hydrogens (tertiary/aromatic N) is 1. The molecule has 0 radical (unpaired) electrons. The highest BCUT2D eigenvalue weighted by molar-refractivity contribution is 6.02. The molecular formula is C24H28N2O5. The van der Waals surface area contributed by atoms with Crippen LogP contribution in [0.1, 0.15) is 66.1 Å². The molecule has 7 heteroatoms. The van der Waals surface area contributed by atoms with E-state index in [9.17, 15) is 14.4 Å². The van der Waals surface area contributed by atoms with Gasteiger partial charge in [-0.2, -0.15) is 0 Å². The molecular weight excluding hydrogens is 396 g/mol. The smallest absolute Gasteiger partial charge is 0.307 e. The number of nitrogens with one attached hydrogen (secondary N) is 1. The summed E-state index contributed by atoms with van der Waals surface area (Å²) in [6, 6.07) is 11.0. The Labute approximate surface area is 181 Å². The van der Waals surface area contributed by atoms with E-state index >= 15 is 0 Å². The molecule has 1 N–H and O–H groups in total. The van der Waals surface area contributed by atoms with E-state index in [1.165, 1.54) is 7.11 Å². The zero-order chi connectivity index (χ0) is 21.8. The van der Waals surface area contributed by atoms with E-state index in [1.807, 2.05) is 35.2 Å².